The molecule has 0 radical (unpaired) electrons. The van der Waals surface area contributed by atoms with Crippen LogP contribution in [0, 0.1) is 0 Å². The number of sulfonamides is 1. The summed E-state index contributed by atoms with van der Waals surface area (Å²) in [6, 6.07) is 0. The van der Waals surface area contributed by atoms with Gasteiger partial charge in [-0.05, 0) is 12.8 Å². The number of nitrogens with zero attached hydrogens (tertiary/aromatic N) is 7. The molecule has 1 fully saturated rings. The second-order valence-corrected chi connectivity index (χ2v) is 7.91. The van der Waals surface area contributed by atoms with E-state index in [1.54, 1.807) is 21.7 Å². The van der Waals surface area contributed by atoms with Crippen molar-refractivity contribution < 1.29 is 8.42 Å². The smallest absolute Gasteiger partial charge is 0.211 e. The van der Waals surface area contributed by atoms with E-state index >= 15 is 0 Å². The number of aromatic nitrogens is 6. The van der Waals surface area contributed by atoms with Gasteiger partial charge in [0.25, 0.3) is 0 Å². The van der Waals surface area contributed by atoms with Gasteiger partial charge >= 0.3 is 0 Å². The molecule has 0 spiro atoms. The molecular formula is C13H17N7O2S. The first-order valence-corrected chi connectivity index (χ1v) is 9.26. The third-order valence-corrected chi connectivity index (χ3v) is 5.68. The third-order valence-electron chi connectivity index (χ3n) is 4.37. The Morgan fingerprint density at radius 3 is 2.65 bits per heavy atom. The Bertz CT molecular complexity index is 983. The molecule has 3 aromatic rings. The van der Waals surface area contributed by atoms with Crippen LogP contribution in [0.1, 0.15) is 24.6 Å². The number of piperidine rings is 1. The van der Waals surface area contributed by atoms with Crippen LogP contribution in [0.5, 0.6) is 0 Å². The first-order valence-electron chi connectivity index (χ1n) is 7.41. The van der Waals surface area contributed by atoms with Gasteiger partial charge in [-0.25, -0.2) is 27.2 Å². The van der Waals surface area contributed by atoms with E-state index in [0.29, 0.717) is 13.1 Å². The van der Waals surface area contributed by atoms with Crippen molar-refractivity contribution >= 4 is 26.7 Å². The molecule has 0 amide bonds. The van der Waals surface area contributed by atoms with Gasteiger partial charge in [0.15, 0.2) is 17.1 Å². The van der Waals surface area contributed by atoms with E-state index in [0.717, 1.165) is 35.3 Å². The van der Waals surface area contributed by atoms with Gasteiger partial charge in [0.1, 0.15) is 6.33 Å². The van der Waals surface area contributed by atoms with Crippen LogP contribution < -0.4 is 0 Å². The topological polar surface area (TPSA) is 98.3 Å². The molecule has 4 rings (SSSR count). The Hall–Kier alpha value is -2.07. The fourth-order valence-corrected chi connectivity index (χ4v) is 3.95. The number of hydrogen-bond acceptors (Lipinski definition) is 6. The minimum absolute atomic E-state index is 0.166. The van der Waals surface area contributed by atoms with Gasteiger partial charge in [0.2, 0.25) is 10.0 Å². The van der Waals surface area contributed by atoms with Crippen molar-refractivity contribution in [3.05, 3.63) is 18.3 Å². The molecule has 0 N–H and O–H groups in total. The zero-order valence-corrected chi connectivity index (χ0v) is 13.7. The van der Waals surface area contributed by atoms with Crippen molar-refractivity contribution in [1.82, 2.24) is 33.7 Å². The second kappa shape index (κ2) is 4.96. The van der Waals surface area contributed by atoms with Crippen LogP contribution in [0.15, 0.2) is 12.5 Å². The van der Waals surface area contributed by atoms with Crippen LogP contribution in [0.2, 0.25) is 0 Å². The molecule has 0 unspecified atom stereocenters. The van der Waals surface area contributed by atoms with Gasteiger partial charge in [-0.2, -0.15) is 5.10 Å². The van der Waals surface area contributed by atoms with E-state index in [9.17, 15) is 8.42 Å². The quantitative estimate of drug-likeness (QED) is 0.661. The van der Waals surface area contributed by atoms with Crippen molar-refractivity contribution in [3.8, 4) is 0 Å². The molecule has 1 saturated heterocycles. The SMILES string of the molecule is Cn1ncc2c1ncn1nc(C3CCN(S(C)(=O)=O)CC3)nc21. The number of rotatable bonds is 2. The highest BCUT2D eigenvalue weighted by Gasteiger charge is 2.28. The maximum absolute atomic E-state index is 11.6. The van der Waals surface area contributed by atoms with E-state index in [2.05, 4.69) is 20.2 Å². The molecule has 0 bridgehead atoms. The standard InChI is InChI=1S/C13H17N7O2S/c1-18-12-10(7-15-18)13-16-11(17-20(13)8-14-12)9-3-5-19(6-4-9)23(2,21)22/h7-9H,3-6H2,1-2H3. The Morgan fingerprint density at radius 2 is 1.96 bits per heavy atom. The van der Waals surface area contributed by atoms with E-state index in [-0.39, 0.29) is 5.92 Å². The van der Waals surface area contributed by atoms with Crippen molar-refractivity contribution in [2.24, 2.45) is 7.05 Å². The predicted molar refractivity (Wildman–Crippen MR) is 83.4 cm³/mol. The largest absolute Gasteiger partial charge is 0.250 e. The van der Waals surface area contributed by atoms with Crippen LogP contribution in [0.25, 0.3) is 16.7 Å². The van der Waals surface area contributed by atoms with Gasteiger partial charge in [-0.15, -0.1) is 5.10 Å². The lowest BCUT2D eigenvalue weighted by Crippen LogP contribution is -2.37. The Balaban J connectivity index is 1.67. The van der Waals surface area contributed by atoms with Crippen molar-refractivity contribution in [1.29, 1.82) is 0 Å². The summed E-state index contributed by atoms with van der Waals surface area (Å²) in [5, 5.41) is 9.59. The summed E-state index contributed by atoms with van der Waals surface area (Å²) in [6.07, 6.45) is 6.09. The molecule has 4 heterocycles. The number of hydrogen-bond donors (Lipinski definition) is 0. The summed E-state index contributed by atoms with van der Waals surface area (Å²) in [5.41, 5.74) is 1.51. The van der Waals surface area contributed by atoms with Crippen molar-refractivity contribution in [2.75, 3.05) is 19.3 Å². The highest BCUT2D eigenvalue weighted by molar-refractivity contribution is 7.88. The Kier molecular flexibility index (Phi) is 3.13. The molecule has 1 aliphatic rings. The molecule has 122 valence electrons. The van der Waals surface area contributed by atoms with Crippen LogP contribution in [-0.4, -0.2) is 61.4 Å². The molecule has 0 atom stereocenters. The van der Waals surface area contributed by atoms with Crippen molar-refractivity contribution in [2.45, 2.75) is 18.8 Å². The van der Waals surface area contributed by atoms with Crippen molar-refractivity contribution in [3.63, 3.8) is 0 Å². The van der Waals surface area contributed by atoms with Crippen LogP contribution >= 0.6 is 0 Å². The molecule has 1 aliphatic heterocycles. The summed E-state index contributed by atoms with van der Waals surface area (Å²) in [7, 11) is -1.28. The molecule has 0 aromatic carbocycles. The predicted octanol–water partition coefficient (Wildman–Crippen LogP) is 0.150. The Labute approximate surface area is 133 Å². The minimum Gasteiger partial charge on any atom is -0.250 e. The van der Waals surface area contributed by atoms with Gasteiger partial charge in [0, 0.05) is 26.1 Å². The molecule has 0 saturated carbocycles. The zero-order valence-electron chi connectivity index (χ0n) is 12.9. The monoisotopic (exact) mass is 335 g/mol. The lowest BCUT2D eigenvalue weighted by Gasteiger charge is -2.28. The van der Waals surface area contributed by atoms with Crippen LogP contribution in [0.3, 0.4) is 0 Å². The molecule has 10 heteroatoms. The molecular weight excluding hydrogens is 318 g/mol. The van der Waals surface area contributed by atoms with E-state index in [4.69, 9.17) is 0 Å². The fourth-order valence-electron chi connectivity index (χ4n) is 3.07. The van der Waals surface area contributed by atoms with Gasteiger partial charge in [0.05, 0.1) is 17.8 Å². The first-order chi connectivity index (χ1) is 10.9. The maximum atomic E-state index is 11.6. The summed E-state index contributed by atoms with van der Waals surface area (Å²) in [6.45, 7) is 1.03. The highest BCUT2D eigenvalue weighted by Crippen LogP contribution is 2.28. The summed E-state index contributed by atoms with van der Waals surface area (Å²) >= 11 is 0. The van der Waals surface area contributed by atoms with Gasteiger partial charge in [-0.1, -0.05) is 0 Å². The normalized spacial score (nSPS) is 18.2. The first kappa shape index (κ1) is 14.5. The average molecular weight is 335 g/mol. The fraction of sp³-hybridized carbons (Fsp3) is 0.538. The molecule has 0 aliphatic carbocycles. The highest BCUT2D eigenvalue weighted by atomic mass is 32.2. The molecule has 9 nitrogen and oxygen atoms in total. The molecule has 3 aromatic heterocycles. The van der Waals surface area contributed by atoms with Gasteiger partial charge < -0.3 is 0 Å². The third kappa shape index (κ3) is 2.38. The summed E-state index contributed by atoms with van der Waals surface area (Å²) < 4.78 is 28.1. The second-order valence-electron chi connectivity index (χ2n) is 5.92. The van der Waals surface area contributed by atoms with Crippen LogP contribution in [-0.2, 0) is 17.1 Å². The average Bonchev–Trinajstić information content (AvgIpc) is 3.10. The summed E-state index contributed by atoms with van der Waals surface area (Å²) in [4.78, 5) is 9.00. The maximum Gasteiger partial charge on any atom is 0.211 e. The minimum atomic E-state index is -3.12. The van der Waals surface area contributed by atoms with Gasteiger partial charge in [-0.3, -0.25) is 4.68 Å². The number of aryl methyl sites for hydroxylation is 1. The van der Waals surface area contributed by atoms with E-state index in [1.807, 2.05) is 7.05 Å². The Morgan fingerprint density at radius 1 is 1.22 bits per heavy atom. The summed E-state index contributed by atoms with van der Waals surface area (Å²) in [5.74, 6) is 0.913. The molecule has 23 heavy (non-hydrogen) atoms. The lowest BCUT2D eigenvalue weighted by molar-refractivity contribution is 0.315. The van der Waals surface area contributed by atoms with Crippen LogP contribution in [0.4, 0.5) is 0 Å². The van der Waals surface area contributed by atoms with E-state index in [1.165, 1.54) is 10.6 Å². The zero-order chi connectivity index (χ0) is 16.2. The van der Waals surface area contributed by atoms with E-state index < -0.39 is 10.0 Å². The number of fused-ring (bicyclic) bond motifs is 3. The lowest BCUT2D eigenvalue weighted by atomic mass is 9.98.